The Balaban J connectivity index is 0.916. The zero-order valence-corrected chi connectivity index (χ0v) is 34.5. The van der Waals surface area contributed by atoms with E-state index in [0.29, 0.717) is 18.1 Å². The van der Waals surface area contributed by atoms with Crippen molar-refractivity contribution in [3.05, 3.63) is 208 Å². The number of benzene rings is 6. The third-order valence-corrected chi connectivity index (χ3v) is 13.3. The Morgan fingerprint density at radius 2 is 1.36 bits per heavy atom. The highest BCUT2D eigenvalue weighted by Gasteiger charge is 2.42. The van der Waals surface area contributed by atoms with Crippen molar-refractivity contribution in [2.24, 2.45) is 5.92 Å². The van der Waals surface area contributed by atoms with E-state index in [1.54, 1.807) is 0 Å². The SMILES string of the molecule is CCCCCC1CCC(c2ccc(-c3ccc(C(=O)Nc4ccc(C5=Cc6ccccc6C6OCC(c7ccccc7)(c7ccccc7C)C=C56)cc4)cc3)cc2)CC1. The van der Waals surface area contributed by atoms with Crippen molar-refractivity contribution in [3.8, 4) is 11.1 Å². The first-order valence-corrected chi connectivity index (χ1v) is 21.9. The summed E-state index contributed by atoms with van der Waals surface area (Å²) in [5, 5.41) is 3.15. The van der Waals surface area contributed by atoms with Crippen LogP contribution >= 0.6 is 0 Å². The summed E-state index contributed by atoms with van der Waals surface area (Å²) in [6.45, 7) is 5.02. The maximum absolute atomic E-state index is 13.5. The summed E-state index contributed by atoms with van der Waals surface area (Å²) in [7, 11) is 0. The second-order valence-corrected chi connectivity index (χ2v) is 17.1. The number of hydrogen-bond acceptors (Lipinski definition) is 2. The molecule has 1 heterocycles. The summed E-state index contributed by atoms with van der Waals surface area (Å²) in [6.07, 6.45) is 15.4. The van der Waals surface area contributed by atoms with Crippen molar-refractivity contribution in [2.75, 3.05) is 11.9 Å². The molecule has 0 saturated heterocycles. The van der Waals surface area contributed by atoms with E-state index < -0.39 is 5.41 Å². The Hall–Kier alpha value is -5.77. The molecule has 59 heavy (non-hydrogen) atoms. The number of unbranched alkanes of at least 4 members (excludes halogenated alkanes) is 2. The monoisotopic (exact) mass is 773 g/mol. The Labute approximate surface area is 350 Å². The molecule has 1 amide bonds. The van der Waals surface area contributed by atoms with Crippen LogP contribution in [0, 0.1) is 12.8 Å². The van der Waals surface area contributed by atoms with Gasteiger partial charge in [0.05, 0.1) is 12.0 Å². The van der Waals surface area contributed by atoms with E-state index in [9.17, 15) is 4.79 Å². The van der Waals surface area contributed by atoms with Gasteiger partial charge in [-0.15, -0.1) is 0 Å². The van der Waals surface area contributed by atoms with Crippen molar-refractivity contribution in [1.82, 2.24) is 0 Å². The predicted molar refractivity (Wildman–Crippen MR) is 245 cm³/mol. The van der Waals surface area contributed by atoms with Gasteiger partial charge in [-0.25, -0.2) is 0 Å². The zero-order valence-electron chi connectivity index (χ0n) is 34.5. The van der Waals surface area contributed by atoms with Gasteiger partial charge in [0.2, 0.25) is 0 Å². The molecule has 3 nitrogen and oxygen atoms in total. The molecule has 1 saturated carbocycles. The van der Waals surface area contributed by atoms with E-state index >= 15 is 0 Å². The van der Waals surface area contributed by atoms with Crippen LogP contribution in [0.15, 0.2) is 163 Å². The van der Waals surface area contributed by atoms with Crippen LogP contribution in [0.4, 0.5) is 5.69 Å². The Morgan fingerprint density at radius 3 is 2.08 bits per heavy atom. The van der Waals surface area contributed by atoms with Gasteiger partial charge >= 0.3 is 0 Å². The summed E-state index contributed by atoms with van der Waals surface area (Å²) in [4.78, 5) is 13.5. The third-order valence-electron chi connectivity index (χ3n) is 13.3. The lowest BCUT2D eigenvalue weighted by atomic mass is 9.68. The first-order chi connectivity index (χ1) is 29.0. The number of fused-ring (bicyclic) bond motifs is 3. The number of nitrogens with one attached hydrogen (secondary N) is 1. The van der Waals surface area contributed by atoms with Crippen molar-refractivity contribution < 1.29 is 9.53 Å². The number of aryl methyl sites for hydroxylation is 1. The molecule has 0 bridgehead atoms. The summed E-state index contributed by atoms with van der Waals surface area (Å²) >= 11 is 0. The summed E-state index contributed by atoms with van der Waals surface area (Å²) in [5.41, 5.74) is 14.1. The molecule has 2 atom stereocenters. The number of carbonyl (C=O) groups excluding carboxylic acids is 1. The Morgan fingerprint density at radius 1 is 0.695 bits per heavy atom. The van der Waals surface area contributed by atoms with Crippen LogP contribution < -0.4 is 5.32 Å². The molecule has 2 aliphatic carbocycles. The van der Waals surface area contributed by atoms with Crippen molar-refractivity contribution in [1.29, 1.82) is 0 Å². The van der Waals surface area contributed by atoms with E-state index in [2.05, 4.69) is 159 Å². The molecule has 3 heteroatoms. The molecule has 1 aliphatic heterocycles. The third kappa shape index (κ3) is 8.01. The molecule has 2 unspecified atom stereocenters. The van der Waals surface area contributed by atoms with Crippen LogP contribution in [0.1, 0.15) is 120 Å². The summed E-state index contributed by atoms with van der Waals surface area (Å²) in [6, 6.07) is 53.4. The molecule has 1 fully saturated rings. The van der Waals surface area contributed by atoms with Crippen LogP contribution in [0.3, 0.4) is 0 Å². The highest BCUT2D eigenvalue weighted by atomic mass is 16.5. The van der Waals surface area contributed by atoms with Gasteiger partial charge in [-0.05, 0) is 136 Å². The van der Waals surface area contributed by atoms with Gasteiger partial charge in [0.25, 0.3) is 5.91 Å². The van der Waals surface area contributed by atoms with E-state index in [1.807, 2.05) is 24.3 Å². The van der Waals surface area contributed by atoms with Gasteiger partial charge < -0.3 is 10.1 Å². The number of ether oxygens (including phenoxy) is 1. The number of rotatable bonds is 11. The van der Waals surface area contributed by atoms with Crippen LogP contribution in [0.25, 0.3) is 22.8 Å². The fraction of sp³-hybridized carbons (Fsp3) is 0.268. The highest BCUT2D eigenvalue weighted by molar-refractivity contribution is 6.05. The number of amides is 1. The van der Waals surface area contributed by atoms with E-state index in [-0.39, 0.29) is 12.0 Å². The van der Waals surface area contributed by atoms with Gasteiger partial charge in [-0.1, -0.05) is 166 Å². The van der Waals surface area contributed by atoms with Gasteiger partial charge in [0.1, 0.15) is 6.10 Å². The Bertz CT molecular complexity index is 2450. The van der Waals surface area contributed by atoms with Crippen LogP contribution in [0.2, 0.25) is 0 Å². The predicted octanol–water partition coefficient (Wildman–Crippen LogP) is 14.3. The molecule has 6 aromatic carbocycles. The standard InChI is InChI=1S/C56H55NO2/c1-3-4-6-14-40-20-22-41(23-21-40)42-24-26-43(27-25-42)44-28-30-46(31-29-44)55(58)57-49-34-32-45(33-35-49)51-36-47-15-10-11-18-50(47)54-52(51)37-56(38-59-54,48-16-7-5-8-17-48)53-19-12-9-13-39(53)2/h5,7-13,15-19,24-37,40-41,54H,3-4,6,14,20-23,38H2,1-2H3,(H,57,58). The average molecular weight is 774 g/mol. The number of carbonyl (C=O) groups is 1. The fourth-order valence-corrected chi connectivity index (χ4v) is 9.99. The molecule has 3 aliphatic rings. The first-order valence-electron chi connectivity index (χ1n) is 21.9. The smallest absolute Gasteiger partial charge is 0.255 e. The molecule has 1 N–H and O–H groups in total. The van der Waals surface area contributed by atoms with E-state index in [4.69, 9.17) is 4.74 Å². The van der Waals surface area contributed by atoms with Crippen molar-refractivity contribution >= 4 is 23.2 Å². The highest BCUT2D eigenvalue weighted by Crippen LogP contribution is 2.51. The molecular weight excluding hydrogens is 719 g/mol. The molecule has 296 valence electrons. The van der Waals surface area contributed by atoms with Crippen molar-refractivity contribution in [3.63, 3.8) is 0 Å². The second-order valence-electron chi connectivity index (χ2n) is 17.1. The normalized spacial score (nSPS) is 21.1. The minimum atomic E-state index is -0.455. The first kappa shape index (κ1) is 38.7. The van der Waals surface area contributed by atoms with Crippen LogP contribution in [0.5, 0.6) is 0 Å². The quantitative estimate of drug-likeness (QED) is 0.133. The fourth-order valence-electron chi connectivity index (χ4n) is 9.99. The molecule has 6 aromatic rings. The van der Waals surface area contributed by atoms with Gasteiger partial charge in [-0.2, -0.15) is 0 Å². The summed E-state index contributed by atoms with van der Waals surface area (Å²) < 4.78 is 6.98. The maximum atomic E-state index is 13.5. The lowest BCUT2D eigenvalue weighted by Crippen LogP contribution is -2.38. The lowest BCUT2D eigenvalue weighted by Gasteiger charge is -2.42. The van der Waals surface area contributed by atoms with Gasteiger partial charge in [0.15, 0.2) is 0 Å². The minimum absolute atomic E-state index is 0.120. The molecule has 0 radical (unpaired) electrons. The average Bonchev–Trinajstić information content (AvgIpc) is 3.30. The molecule has 9 rings (SSSR count). The van der Waals surface area contributed by atoms with Crippen molar-refractivity contribution in [2.45, 2.75) is 82.7 Å². The molecule has 0 spiro atoms. The van der Waals surface area contributed by atoms with Gasteiger partial charge in [-0.3, -0.25) is 4.79 Å². The maximum Gasteiger partial charge on any atom is 0.255 e. The van der Waals surface area contributed by atoms with Crippen LogP contribution in [-0.2, 0) is 10.2 Å². The number of anilines is 1. The number of hydrogen-bond donors (Lipinski definition) is 1. The Kier molecular flexibility index (Phi) is 11.3. The summed E-state index contributed by atoms with van der Waals surface area (Å²) in [5.74, 6) is 1.49. The largest absolute Gasteiger partial charge is 0.367 e. The molecular formula is C56H55NO2. The lowest BCUT2D eigenvalue weighted by molar-refractivity contribution is 0.0463. The minimum Gasteiger partial charge on any atom is -0.367 e. The molecule has 0 aromatic heterocycles. The topological polar surface area (TPSA) is 38.3 Å². The van der Waals surface area contributed by atoms with E-state index in [1.165, 1.54) is 90.3 Å². The van der Waals surface area contributed by atoms with E-state index in [0.717, 1.165) is 33.9 Å². The van der Waals surface area contributed by atoms with Gasteiger partial charge in [0, 0.05) is 11.3 Å². The second kappa shape index (κ2) is 17.2. The zero-order chi connectivity index (χ0) is 40.2. The van der Waals surface area contributed by atoms with Crippen LogP contribution in [-0.4, -0.2) is 12.5 Å².